The van der Waals surface area contributed by atoms with Crippen LogP contribution in [0.5, 0.6) is 0 Å². The van der Waals surface area contributed by atoms with Gasteiger partial charge in [0.1, 0.15) is 0 Å². The summed E-state index contributed by atoms with van der Waals surface area (Å²) >= 11 is 0. The van der Waals surface area contributed by atoms with Gasteiger partial charge in [0.25, 0.3) is 10.0 Å². The summed E-state index contributed by atoms with van der Waals surface area (Å²) in [5.74, 6) is -0.272. The summed E-state index contributed by atoms with van der Waals surface area (Å²) in [5, 5.41) is 0. The molecule has 1 fully saturated rings. The summed E-state index contributed by atoms with van der Waals surface area (Å²) in [4.78, 5) is 26.4. The first-order chi connectivity index (χ1) is 14.3. The number of anilines is 2. The maximum Gasteiger partial charge on any atom is 0.338 e. The molecule has 2 aromatic carbocycles. The van der Waals surface area contributed by atoms with Gasteiger partial charge in [-0.15, -0.1) is 0 Å². The van der Waals surface area contributed by atoms with E-state index >= 15 is 0 Å². The monoisotopic (exact) mass is 428 g/mol. The quantitative estimate of drug-likeness (QED) is 0.713. The van der Waals surface area contributed by atoms with E-state index in [-0.39, 0.29) is 40.6 Å². The highest BCUT2D eigenvalue weighted by Gasteiger charge is 2.39. The van der Waals surface area contributed by atoms with Gasteiger partial charge in [0.2, 0.25) is 5.91 Å². The minimum Gasteiger partial charge on any atom is -0.462 e. The lowest BCUT2D eigenvalue weighted by molar-refractivity contribution is -0.120. The van der Waals surface area contributed by atoms with Gasteiger partial charge in [0.15, 0.2) is 0 Å². The Morgan fingerprint density at radius 2 is 1.93 bits per heavy atom. The Labute approximate surface area is 176 Å². The Morgan fingerprint density at radius 1 is 1.17 bits per heavy atom. The maximum absolute atomic E-state index is 12.9. The molecule has 0 saturated heterocycles. The second-order valence-electron chi connectivity index (χ2n) is 7.73. The van der Waals surface area contributed by atoms with Crippen LogP contribution >= 0.6 is 0 Å². The zero-order chi connectivity index (χ0) is 21.5. The van der Waals surface area contributed by atoms with Gasteiger partial charge in [0, 0.05) is 23.3 Å². The van der Waals surface area contributed by atoms with Crippen molar-refractivity contribution in [3.8, 4) is 0 Å². The van der Waals surface area contributed by atoms with Crippen molar-refractivity contribution < 1.29 is 22.7 Å². The predicted molar refractivity (Wildman–Crippen MR) is 113 cm³/mol. The number of nitrogens with zero attached hydrogens (tertiary/aromatic N) is 1. The summed E-state index contributed by atoms with van der Waals surface area (Å²) < 4.78 is 33.3. The summed E-state index contributed by atoms with van der Waals surface area (Å²) in [6.07, 6.45) is 2.48. The van der Waals surface area contributed by atoms with Crippen LogP contribution in [0, 0.1) is 5.92 Å². The molecule has 7 nitrogen and oxygen atoms in total. The summed E-state index contributed by atoms with van der Waals surface area (Å²) in [6.45, 7) is 3.93. The van der Waals surface area contributed by atoms with Gasteiger partial charge in [-0.3, -0.25) is 9.52 Å². The molecule has 0 radical (unpaired) electrons. The van der Waals surface area contributed by atoms with Crippen molar-refractivity contribution in [2.24, 2.45) is 5.92 Å². The van der Waals surface area contributed by atoms with Gasteiger partial charge >= 0.3 is 5.97 Å². The van der Waals surface area contributed by atoms with E-state index in [1.165, 1.54) is 12.1 Å². The van der Waals surface area contributed by atoms with Crippen LogP contribution in [-0.4, -0.2) is 32.9 Å². The highest BCUT2D eigenvalue weighted by atomic mass is 32.2. The summed E-state index contributed by atoms with van der Waals surface area (Å²) in [7, 11) is -3.85. The zero-order valence-electron chi connectivity index (χ0n) is 16.9. The Balaban J connectivity index is 1.57. The van der Waals surface area contributed by atoms with Crippen molar-refractivity contribution in [3.05, 3.63) is 53.6 Å². The molecule has 1 aliphatic heterocycles. The largest absolute Gasteiger partial charge is 0.462 e. The van der Waals surface area contributed by atoms with Gasteiger partial charge in [0.05, 0.1) is 17.1 Å². The number of carbonyl (C=O) groups excluding carboxylic acids is 2. The van der Waals surface area contributed by atoms with Crippen LogP contribution in [0.25, 0.3) is 0 Å². The first-order valence-corrected chi connectivity index (χ1v) is 11.5. The van der Waals surface area contributed by atoms with Crippen molar-refractivity contribution >= 4 is 33.3 Å². The minimum absolute atomic E-state index is 0.0141. The lowest BCUT2D eigenvalue weighted by Gasteiger charge is -2.22. The van der Waals surface area contributed by atoms with Crippen LogP contribution in [0.2, 0.25) is 0 Å². The number of esters is 1. The van der Waals surface area contributed by atoms with E-state index in [9.17, 15) is 18.0 Å². The van der Waals surface area contributed by atoms with Crippen LogP contribution in [0.4, 0.5) is 11.4 Å². The third-order valence-electron chi connectivity index (χ3n) is 5.37. The molecule has 1 saturated carbocycles. The third kappa shape index (κ3) is 3.92. The Morgan fingerprint density at radius 3 is 2.63 bits per heavy atom. The number of hydrogen-bond acceptors (Lipinski definition) is 5. The van der Waals surface area contributed by atoms with Gasteiger partial charge in [-0.1, -0.05) is 6.07 Å². The molecule has 0 bridgehead atoms. The molecule has 8 heteroatoms. The molecule has 1 aliphatic carbocycles. The highest BCUT2D eigenvalue weighted by molar-refractivity contribution is 7.92. The average molecular weight is 429 g/mol. The van der Waals surface area contributed by atoms with E-state index in [0.717, 1.165) is 24.1 Å². The third-order valence-corrected chi connectivity index (χ3v) is 6.75. The fraction of sp³-hybridized carbons (Fsp3) is 0.364. The van der Waals surface area contributed by atoms with Crippen molar-refractivity contribution in [1.82, 2.24) is 0 Å². The van der Waals surface area contributed by atoms with Crippen molar-refractivity contribution in [1.29, 1.82) is 0 Å². The van der Waals surface area contributed by atoms with E-state index < -0.39 is 16.0 Å². The molecule has 1 amide bonds. The SMILES string of the molecule is CCOC(=O)c1cccc(NS(=O)(=O)c2ccc3c(c2)C[C@H](C)N3C(=O)C2CC2)c1. The van der Waals surface area contributed by atoms with Crippen molar-refractivity contribution in [2.75, 3.05) is 16.2 Å². The number of ether oxygens (including phenoxy) is 1. The minimum atomic E-state index is -3.85. The molecule has 2 aliphatic rings. The molecule has 0 unspecified atom stereocenters. The smallest absolute Gasteiger partial charge is 0.338 e. The van der Waals surface area contributed by atoms with Crippen LogP contribution in [0.1, 0.15) is 42.6 Å². The molecule has 1 N–H and O–H groups in total. The number of nitrogens with one attached hydrogen (secondary N) is 1. The standard InChI is InChI=1S/C22H24N2O5S/c1-3-29-22(26)16-5-4-6-18(12-16)23-30(27,28)19-9-10-20-17(13-19)11-14(2)24(20)21(25)15-7-8-15/h4-6,9-10,12-15,23H,3,7-8,11H2,1-2H3/t14-/m0/s1. The normalized spacial score (nSPS) is 18.1. The number of rotatable bonds is 6. The molecule has 1 atom stereocenters. The molecular formula is C22H24N2O5S. The fourth-order valence-electron chi connectivity index (χ4n) is 3.78. The number of benzene rings is 2. The van der Waals surface area contributed by atoms with Gasteiger partial charge < -0.3 is 9.64 Å². The second kappa shape index (κ2) is 7.75. The van der Waals surface area contributed by atoms with Crippen molar-refractivity contribution in [2.45, 2.75) is 44.0 Å². The van der Waals surface area contributed by atoms with E-state index in [1.807, 2.05) is 6.92 Å². The lowest BCUT2D eigenvalue weighted by Crippen LogP contribution is -2.36. The first-order valence-electron chi connectivity index (χ1n) is 10.1. The van der Waals surface area contributed by atoms with Gasteiger partial charge in [-0.05, 0) is 75.1 Å². The summed E-state index contributed by atoms with van der Waals surface area (Å²) in [5.41, 5.74) is 2.19. The molecule has 4 rings (SSSR count). The van der Waals surface area contributed by atoms with Crippen LogP contribution in [-0.2, 0) is 26.0 Å². The van der Waals surface area contributed by atoms with E-state index in [0.29, 0.717) is 6.42 Å². The Kier molecular flexibility index (Phi) is 5.27. The maximum atomic E-state index is 12.9. The van der Waals surface area contributed by atoms with Crippen LogP contribution in [0.3, 0.4) is 0 Å². The number of hydrogen-bond donors (Lipinski definition) is 1. The van der Waals surface area contributed by atoms with Crippen molar-refractivity contribution in [3.63, 3.8) is 0 Å². The highest BCUT2D eigenvalue weighted by Crippen LogP contribution is 2.39. The fourth-order valence-corrected chi connectivity index (χ4v) is 4.88. The lowest BCUT2D eigenvalue weighted by atomic mass is 10.1. The van der Waals surface area contributed by atoms with Gasteiger partial charge in [-0.2, -0.15) is 0 Å². The molecule has 30 heavy (non-hydrogen) atoms. The number of sulfonamides is 1. The Hall–Kier alpha value is -2.87. The van der Waals surface area contributed by atoms with Crippen LogP contribution < -0.4 is 9.62 Å². The van der Waals surface area contributed by atoms with E-state index in [2.05, 4.69) is 4.72 Å². The Bertz CT molecular complexity index is 1110. The predicted octanol–water partition coefficient (Wildman–Crippen LogP) is 3.35. The molecule has 158 valence electrons. The number of fused-ring (bicyclic) bond motifs is 1. The number of carbonyl (C=O) groups is 2. The second-order valence-corrected chi connectivity index (χ2v) is 9.42. The summed E-state index contributed by atoms with van der Waals surface area (Å²) in [6, 6.07) is 11.1. The molecule has 0 aromatic heterocycles. The first kappa shape index (κ1) is 20.4. The van der Waals surface area contributed by atoms with E-state index in [4.69, 9.17) is 4.74 Å². The van der Waals surface area contributed by atoms with Crippen LogP contribution in [0.15, 0.2) is 47.4 Å². The molecule has 2 aromatic rings. The molecule has 0 spiro atoms. The van der Waals surface area contributed by atoms with E-state index in [1.54, 1.807) is 42.2 Å². The number of amides is 1. The van der Waals surface area contributed by atoms with Gasteiger partial charge in [-0.25, -0.2) is 13.2 Å². The molecular weight excluding hydrogens is 404 g/mol. The average Bonchev–Trinajstić information content (AvgIpc) is 3.49. The molecule has 1 heterocycles. The zero-order valence-corrected chi connectivity index (χ0v) is 17.7. The topological polar surface area (TPSA) is 92.8 Å².